The standard InChI is InChI=1S/C22H33N5O3S/c1-30-16-13-19-26-20-21(17-11-7-8-12-18(17)25-22(20)23)27(19)15-10-6-4-3-5-9-14-24-31(2,28)29/h7-8,11-12,24H,3-6,9-10,13-16H2,1-2H3,(H2,23,25). The maximum atomic E-state index is 11.1. The molecular weight excluding hydrogens is 414 g/mol. The van der Waals surface area contributed by atoms with E-state index in [2.05, 4.69) is 20.3 Å². The van der Waals surface area contributed by atoms with Crippen LogP contribution in [0.4, 0.5) is 5.82 Å². The first-order chi connectivity index (χ1) is 14.9. The maximum Gasteiger partial charge on any atom is 0.208 e. The third-order valence-corrected chi connectivity index (χ3v) is 6.12. The summed E-state index contributed by atoms with van der Waals surface area (Å²) in [4.78, 5) is 9.33. The second-order valence-corrected chi connectivity index (χ2v) is 9.75. The number of nitrogens with zero attached hydrogens (tertiary/aromatic N) is 3. The van der Waals surface area contributed by atoms with E-state index in [1.807, 2.05) is 18.2 Å². The van der Waals surface area contributed by atoms with Crippen molar-refractivity contribution in [3.05, 3.63) is 30.1 Å². The van der Waals surface area contributed by atoms with Gasteiger partial charge in [-0.2, -0.15) is 0 Å². The normalized spacial score (nSPS) is 12.2. The zero-order chi connectivity index (χ0) is 22.3. The van der Waals surface area contributed by atoms with E-state index in [-0.39, 0.29) is 0 Å². The summed E-state index contributed by atoms with van der Waals surface area (Å²) >= 11 is 0. The van der Waals surface area contributed by atoms with E-state index in [9.17, 15) is 8.42 Å². The van der Waals surface area contributed by atoms with Gasteiger partial charge in [-0.15, -0.1) is 0 Å². The third kappa shape index (κ3) is 6.38. The van der Waals surface area contributed by atoms with Gasteiger partial charge >= 0.3 is 0 Å². The lowest BCUT2D eigenvalue weighted by Gasteiger charge is -2.11. The molecule has 0 bridgehead atoms. The fourth-order valence-electron chi connectivity index (χ4n) is 3.89. The van der Waals surface area contributed by atoms with Crippen molar-refractivity contribution in [3.8, 4) is 0 Å². The fourth-order valence-corrected chi connectivity index (χ4v) is 4.40. The molecule has 0 spiro atoms. The maximum absolute atomic E-state index is 11.1. The number of hydrogen-bond donors (Lipinski definition) is 2. The summed E-state index contributed by atoms with van der Waals surface area (Å²) in [6.45, 7) is 2.00. The molecule has 0 atom stereocenters. The molecule has 0 radical (unpaired) electrons. The van der Waals surface area contributed by atoms with E-state index in [1.165, 1.54) is 6.26 Å². The number of aromatic nitrogens is 3. The Morgan fingerprint density at radius 2 is 1.77 bits per heavy atom. The molecule has 8 nitrogen and oxygen atoms in total. The van der Waals surface area contributed by atoms with E-state index in [1.54, 1.807) is 7.11 Å². The average molecular weight is 448 g/mol. The number of fused-ring (bicyclic) bond motifs is 3. The van der Waals surface area contributed by atoms with E-state index in [0.717, 1.165) is 79.3 Å². The smallest absolute Gasteiger partial charge is 0.208 e. The van der Waals surface area contributed by atoms with Crippen molar-refractivity contribution in [3.63, 3.8) is 0 Å². The van der Waals surface area contributed by atoms with Crippen LogP contribution in [-0.2, 0) is 27.7 Å². The average Bonchev–Trinajstić information content (AvgIpc) is 3.09. The number of rotatable bonds is 13. The van der Waals surface area contributed by atoms with Crippen LogP contribution in [0.5, 0.6) is 0 Å². The molecule has 170 valence electrons. The largest absolute Gasteiger partial charge is 0.384 e. The number of ether oxygens (including phenoxy) is 1. The number of anilines is 1. The van der Waals surface area contributed by atoms with Crippen molar-refractivity contribution in [1.82, 2.24) is 19.3 Å². The van der Waals surface area contributed by atoms with Crippen molar-refractivity contribution >= 4 is 37.8 Å². The summed E-state index contributed by atoms with van der Waals surface area (Å²) in [5.74, 6) is 1.45. The fraction of sp³-hybridized carbons (Fsp3) is 0.545. The van der Waals surface area contributed by atoms with Crippen LogP contribution in [0.3, 0.4) is 0 Å². The first-order valence-electron chi connectivity index (χ1n) is 10.9. The summed E-state index contributed by atoms with van der Waals surface area (Å²) < 4.78 is 32.2. The van der Waals surface area contributed by atoms with E-state index >= 15 is 0 Å². The molecule has 0 unspecified atom stereocenters. The number of para-hydroxylation sites is 1. The van der Waals surface area contributed by atoms with E-state index in [4.69, 9.17) is 15.5 Å². The number of benzene rings is 1. The van der Waals surface area contributed by atoms with Crippen LogP contribution in [0.25, 0.3) is 21.9 Å². The number of sulfonamides is 1. The van der Waals surface area contributed by atoms with Gasteiger partial charge in [-0.05, 0) is 18.9 Å². The highest BCUT2D eigenvalue weighted by molar-refractivity contribution is 7.88. The number of nitrogen functional groups attached to an aromatic ring is 1. The van der Waals surface area contributed by atoms with Crippen LogP contribution >= 0.6 is 0 Å². The monoisotopic (exact) mass is 447 g/mol. The lowest BCUT2D eigenvalue weighted by atomic mass is 10.1. The molecule has 0 saturated heterocycles. The molecule has 0 saturated carbocycles. The Morgan fingerprint density at radius 1 is 1.06 bits per heavy atom. The molecule has 0 fully saturated rings. The molecule has 3 rings (SSSR count). The predicted octanol–water partition coefficient (Wildman–Crippen LogP) is 3.25. The molecule has 31 heavy (non-hydrogen) atoms. The molecule has 2 aromatic heterocycles. The molecular formula is C22H33N5O3S. The van der Waals surface area contributed by atoms with Crippen molar-refractivity contribution < 1.29 is 13.2 Å². The van der Waals surface area contributed by atoms with Crippen LogP contribution in [0.1, 0.15) is 44.3 Å². The minimum atomic E-state index is -3.08. The second-order valence-electron chi connectivity index (χ2n) is 7.92. The zero-order valence-electron chi connectivity index (χ0n) is 18.4. The lowest BCUT2D eigenvalue weighted by Crippen LogP contribution is -2.22. The third-order valence-electron chi connectivity index (χ3n) is 5.39. The Morgan fingerprint density at radius 3 is 2.52 bits per heavy atom. The lowest BCUT2D eigenvalue weighted by molar-refractivity contribution is 0.199. The number of imidazole rings is 1. The minimum Gasteiger partial charge on any atom is -0.384 e. The Kier molecular flexibility index (Phi) is 8.22. The van der Waals surface area contributed by atoms with Gasteiger partial charge in [-0.25, -0.2) is 23.1 Å². The summed E-state index contributed by atoms with van der Waals surface area (Å²) in [6, 6.07) is 8.05. The Bertz CT molecular complexity index is 1110. The quantitative estimate of drug-likeness (QED) is 0.389. The van der Waals surface area contributed by atoms with Crippen molar-refractivity contribution in [2.45, 2.75) is 51.5 Å². The van der Waals surface area contributed by atoms with Gasteiger partial charge in [-0.1, -0.05) is 43.9 Å². The van der Waals surface area contributed by atoms with Crippen LogP contribution in [0, 0.1) is 0 Å². The van der Waals surface area contributed by atoms with Crippen LogP contribution in [0.2, 0.25) is 0 Å². The Hall–Kier alpha value is -2.23. The summed E-state index contributed by atoms with van der Waals surface area (Å²) in [5.41, 5.74) is 8.94. The van der Waals surface area contributed by atoms with Crippen molar-refractivity contribution in [2.75, 3.05) is 32.3 Å². The number of hydrogen-bond acceptors (Lipinski definition) is 6. The Labute approximate surface area is 184 Å². The Balaban J connectivity index is 1.64. The number of nitrogens with two attached hydrogens (primary N) is 1. The molecule has 9 heteroatoms. The van der Waals surface area contributed by atoms with E-state index < -0.39 is 10.0 Å². The highest BCUT2D eigenvalue weighted by atomic mass is 32.2. The molecule has 3 aromatic rings. The van der Waals surface area contributed by atoms with Gasteiger partial charge in [0.25, 0.3) is 0 Å². The van der Waals surface area contributed by atoms with Gasteiger partial charge in [0.05, 0.1) is 23.9 Å². The number of methoxy groups -OCH3 is 1. The number of nitrogens with one attached hydrogen (secondary N) is 1. The van der Waals surface area contributed by atoms with Crippen LogP contribution < -0.4 is 10.5 Å². The summed E-state index contributed by atoms with van der Waals surface area (Å²) in [7, 11) is -1.38. The highest BCUT2D eigenvalue weighted by Gasteiger charge is 2.16. The predicted molar refractivity (Wildman–Crippen MR) is 126 cm³/mol. The minimum absolute atomic E-state index is 0.466. The molecule has 0 aliphatic rings. The van der Waals surface area contributed by atoms with Crippen LogP contribution in [-0.4, -0.2) is 49.5 Å². The molecule has 0 aliphatic heterocycles. The van der Waals surface area contributed by atoms with Gasteiger partial charge in [0, 0.05) is 32.0 Å². The number of aryl methyl sites for hydroxylation is 1. The van der Waals surface area contributed by atoms with Crippen LogP contribution in [0.15, 0.2) is 24.3 Å². The summed E-state index contributed by atoms with van der Waals surface area (Å²) in [5, 5.41) is 1.07. The SMILES string of the molecule is COCCc1nc2c(N)nc3ccccc3c2n1CCCCCCCCNS(C)(=O)=O. The van der Waals surface area contributed by atoms with E-state index in [0.29, 0.717) is 19.0 Å². The van der Waals surface area contributed by atoms with Gasteiger partial charge in [-0.3, -0.25) is 0 Å². The van der Waals surface area contributed by atoms with Crippen molar-refractivity contribution in [2.24, 2.45) is 0 Å². The zero-order valence-corrected chi connectivity index (χ0v) is 19.2. The number of pyridine rings is 1. The highest BCUT2D eigenvalue weighted by Crippen LogP contribution is 2.29. The van der Waals surface area contributed by atoms with Gasteiger partial charge < -0.3 is 15.0 Å². The van der Waals surface area contributed by atoms with Gasteiger partial charge in [0.2, 0.25) is 10.0 Å². The summed E-state index contributed by atoms with van der Waals surface area (Å²) in [6.07, 6.45) is 8.22. The first kappa shape index (κ1) is 23.4. The number of unbranched alkanes of at least 4 members (excludes halogenated alkanes) is 5. The molecule has 0 amide bonds. The second kappa shape index (κ2) is 10.9. The molecule has 2 heterocycles. The van der Waals surface area contributed by atoms with Crippen molar-refractivity contribution in [1.29, 1.82) is 0 Å². The molecule has 1 aromatic carbocycles. The van der Waals surface area contributed by atoms with Gasteiger partial charge in [0.1, 0.15) is 11.3 Å². The molecule has 3 N–H and O–H groups in total. The topological polar surface area (TPSA) is 112 Å². The van der Waals surface area contributed by atoms with Gasteiger partial charge in [0.15, 0.2) is 5.82 Å². The first-order valence-corrected chi connectivity index (χ1v) is 12.8. The molecule has 0 aliphatic carbocycles.